The Labute approximate surface area is 156 Å². The second-order valence-corrected chi connectivity index (χ2v) is 6.77. The molecule has 0 atom stereocenters. The molecule has 0 aliphatic carbocycles. The summed E-state index contributed by atoms with van der Waals surface area (Å²) in [6.07, 6.45) is 3.36. The Bertz CT molecular complexity index is 1040. The van der Waals surface area contributed by atoms with Crippen LogP contribution in [0.5, 0.6) is 0 Å². The van der Waals surface area contributed by atoms with Gasteiger partial charge in [0.05, 0.1) is 4.92 Å². The minimum atomic E-state index is -0.411. The zero-order valence-electron chi connectivity index (χ0n) is 15.0. The van der Waals surface area contributed by atoms with E-state index < -0.39 is 4.92 Å². The Balaban J connectivity index is 1.42. The second-order valence-electron chi connectivity index (χ2n) is 6.77. The number of aromatic amines is 1. The van der Waals surface area contributed by atoms with E-state index in [1.165, 1.54) is 22.6 Å². The van der Waals surface area contributed by atoms with Crippen LogP contribution in [0, 0.1) is 17.0 Å². The number of amides is 2. The van der Waals surface area contributed by atoms with Gasteiger partial charge in [0.2, 0.25) is 0 Å². The van der Waals surface area contributed by atoms with Gasteiger partial charge in [-0.15, -0.1) is 0 Å². The highest BCUT2D eigenvalue weighted by atomic mass is 16.6. The summed E-state index contributed by atoms with van der Waals surface area (Å²) in [4.78, 5) is 28.0. The van der Waals surface area contributed by atoms with Gasteiger partial charge in [-0.05, 0) is 48.6 Å². The summed E-state index contributed by atoms with van der Waals surface area (Å²) in [6.45, 7) is 3.14. The summed E-state index contributed by atoms with van der Waals surface area (Å²) in [7, 11) is 0. The molecule has 2 heterocycles. The Morgan fingerprint density at radius 2 is 2.19 bits per heavy atom. The fourth-order valence-electron chi connectivity index (χ4n) is 3.76. The van der Waals surface area contributed by atoms with Gasteiger partial charge < -0.3 is 10.3 Å². The molecule has 0 bridgehead atoms. The highest BCUT2D eigenvalue weighted by Gasteiger charge is 2.26. The first-order valence-corrected chi connectivity index (χ1v) is 8.93. The number of nitro groups is 1. The van der Waals surface area contributed by atoms with Crippen LogP contribution in [0.4, 0.5) is 16.2 Å². The number of aryl methyl sites for hydroxylation is 1. The van der Waals surface area contributed by atoms with Crippen molar-refractivity contribution in [2.45, 2.75) is 19.8 Å². The lowest BCUT2D eigenvalue weighted by Crippen LogP contribution is -2.39. The number of nitrogens with zero attached hydrogens (tertiary/aromatic N) is 2. The molecule has 27 heavy (non-hydrogen) atoms. The number of nitrogens with one attached hydrogen (secondary N) is 2. The molecule has 0 spiro atoms. The molecule has 0 unspecified atom stereocenters. The third-order valence-corrected chi connectivity index (χ3v) is 5.08. The fraction of sp³-hybridized carbons (Fsp3) is 0.250. The number of fused-ring (bicyclic) bond motifs is 2. The first-order valence-electron chi connectivity index (χ1n) is 8.93. The number of H-pyrrole nitrogens is 1. The summed E-state index contributed by atoms with van der Waals surface area (Å²) in [5, 5.41) is 15.1. The largest absolute Gasteiger partial charge is 0.361 e. The molecule has 7 heteroatoms. The Kier molecular flexibility index (Phi) is 4.27. The molecule has 2 N–H and O–H groups in total. The van der Waals surface area contributed by atoms with E-state index in [1.807, 2.05) is 18.3 Å². The van der Waals surface area contributed by atoms with E-state index in [0.29, 0.717) is 19.5 Å². The third kappa shape index (κ3) is 3.12. The molecule has 1 aromatic heterocycles. The number of aromatic nitrogens is 1. The zero-order valence-corrected chi connectivity index (χ0v) is 15.0. The van der Waals surface area contributed by atoms with Gasteiger partial charge in [0, 0.05) is 48.0 Å². The summed E-state index contributed by atoms with van der Waals surface area (Å²) in [6, 6.07) is 10.6. The number of carbonyl (C=O) groups excluding carboxylic acids is 1. The maximum absolute atomic E-state index is 12.6. The topological polar surface area (TPSA) is 91.3 Å². The van der Waals surface area contributed by atoms with Gasteiger partial charge in [-0.1, -0.05) is 12.1 Å². The molecule has 0 saturated carbocycles. The first-order chi connectivity index (χ1) is 13.0. The summed E-state index contributed by atoms with van der Waals surface area (Å²) in [5.74, 6) is 0. The van der Waals surface area contributed by atoms with E-state index in [1.54, 1.807) is 17.0 Å². The van der Waals surface area contributed by atoms with E-state index in [0.717, 1.165) is 23.2 Å². The lowest BCUT2D eigenvalue weighted by atomic mass is 10.1. The fourth-order valence-corrected chi connectivity index (χ4v) is 3.76. The van der Waals surface area contributed by atoms with E-state index >= 15 is 0 Å². The van der Waals surface area contributed by atoms with Crippen molar-refractivity contribution in [3.8, 4) is 0 Å². The van der Waals surface area contributed by atoms with Crippen molar-refractivity contribution in [1.29, 1.82) is 0 Å². The summed E-state index contributed by atoms with van der Waals surface area (Å²) < 4.78 is 0. The van der Waals surface area contributed by atoms with Gasteiger partial charge in [-0.25, -0.2) is 4.79 Å². The molecule has 1 aliphatic rings. The van der Waals surface area contributed by atoms with E-state index in [-0.39, 0.29) is 11.7 Å². The van der Waals surface area contributed by atoms with Crippen molar-refractivity contribution in [1.82, 2.24) is 10.3 Å². The molecular weight excluding hydrogens is 344 g/mol. The van der Waals surface area contributed by atoms with Crippen molar-refractivity contribution in [2.24, 2.45) is 0 Å². The van der Waals surface area contributed by atoms with E-state index in [9.17, 15) is 14.9 Å². The molecule has 7 nitrogen and oxygen atoms in total. The van der Waals surface area contributed by atoms with Crippen LogP contribution in [-0.2, 0) is 12.8 Å². The highest BCUT2D eigenvalue weighted by molar-refractivity contribution is 5.94. The predicted octanol–water partition coefficient (Wildman–Crippen LogP) is 3.70. The Morgan fingerprint density at radius 3 is 3.00 bits per heavy atom. The van der Waals surface area contributed by atoms with Crippen LogP contribution in [0.3, 0.4) is 0 Å². The SMILES string of the molecule is Cc1cccc2[nH]cc(CCNC(=O)N3CCc4cc([N+](=O)[O-])ccc43)c12. The molecule has 0 saturated heterocycles. The molecule has 0 fully saturated rings. The Morgan fingerprint density at radius 1 is 1.33 bits per heavy atom. The van der Waals surface area contributed by atoms with Gasteiger partial charge in [-0.3, -0.25) is 15.0 Å². The maximum atomic E-state index is 12.6. The molecular formula is C20H20N4O3. The second kappa shape index (κ2) is 6.75. The van der Waals surface area contributed by atoms with Crippen LogP contribution in [-0.4, -0.2) is 29.0 Å². The van der Waals surface area contributed by atoms with Crippen LogP contribution in [0.25, 0.3) is 10.9 Å². The molecule has 1 aliphatic heterocycles. The average molecular weight is 364 g/mol. The lowest BCUT2D eigenvalue weighted by molar-refractivity contribution is -0.384. The Hall–Kier alpha value is -3.35. The molecule has 2 amide bonds. The lowest BCUT2D eigenvalue weighted by Gasteiger charge is -2.18. The van der Waals surface area contributed by atoms with Gasteiger partial charge >= 0.3 is 6.03 Å². The average Bonchev–Trinajstić information content (AvgIpc) is 3.26. The van der Waals surface area contributed by atoms with Gasteiger partial charge in [0.1, 0.15) is 0 Å². The minimum absolute atomic E-state index is 0.0608. The molecule has 138 valence electrons. The maximum Gasteiger partial charge on any atom is 0.321 e. The number of anilines is 1. The highest BCUT2D eigenvalue weighted by Crippen LogP contribution is 2.31. The molecule has 3 aromatic rings. The van der Waals surface area contributed by atoms with Crippen LogP contribution in [0.2, 0.25) is 0 Å². The number of nitro benzene ring substituents is 1. The number of hydrogen-bond acceptors (Lipinski definition) is 3. The third-order valence-electron chi connectivity index (χ3n) is 5.08. The van der Waals surface area contributed by atoms with Crippen molar-refractivity contribution in [3.63, 3.8) is 0 Å². The smallest absolute Gasteiger partial charge is 0.321 e. The number of urea groups is 1. The van der Waals surface area contributed by atoms with Crippen LogP contribution >= 0.6 is 0 Å². The first kappa shape index (κ1) is 17.1. The van der Waals surface area contributed by atoms with Crippen molar-refractivity contribution >= 4 is 28.3 Å². The number of hydrogen-bond donors (Lipinski definition) is 2. The van der Waals surface area contributed by atoms with Gasteiger partial charge in [-0.2, -0.15) is 0 Å². The predicted molar refractivity (Wildman–Crippen MR) is 104 cm³/mol. The standard InChI is InChI=1S/C20H20N4O3/c1-13-3-2-4-17-19(13)15(12-22-17)7-9-21-20(25)23-10-8-14-11-16(24(26)27)5-6-18(14)23/h2-6,11-12,22H,7-10H2,1H3,(H,21,25). The van der Waals surface area contributed by atoms with E-state index in [4.69, 9.17) is 0 Å². The summed E-state index contributed by atoms with van der Waals surface area (Å²) >= 11 is 0. The van der Waals surface area contributed by atoms with E-state index in [2.05, 4.69) is 23.3 Å². The molecule has 2 aromatic carbocycles. The normalized spacial score (nSPS) is 13.0. The van der Waals surface area contributed by atoms with Gasteiger partial charge in [0.25, 0.3) is 5.69 Å². The number of non-ortho nitro benzene ring substituents is 1. The van der Waals surface area contributed by atoms with Crippen molar-refractivity contribution in [3.05, 3.63) is 69.4 Å². The van der Waals surface area contributed by atoms with Crippen molar-refractivity contribution < 1.29 is 9.72 Å². The monoisotopic (exact) mass is 364 g/mol. The quantitative estimate of drug-likeness (QED) is 0.546. The number of carbonyl (C=O) groups is 1. The van der Waals surface area contributed by atoms with Crippen LogP contribution in [0.1, 0.15) is 16.7 Å². The van der Waals surface area contributed by atoms with Crippen molar-refractivity contribution in [2.75, 3.05) is 18.0 Å². The van der Waals surface area contributed by atoms with Crippen LogP contribution in [0.15, 0.2) is 42.6 Å². The molecule has 0 radical (unpaired) electrons. The zero-order chi connectivity index (χ0) is 19.0. The van der Waals surface area contributed by atoms with Crippen LogP contribution < -0.4 is 10.2 Å². The van der Waals surface area contributed by atoms with Gasteiger partial charge in [0.15, 0.2) is 0 Å². The number of benzene rings is 2. The minimum Gasteiger partial charge on any atom is -0.361 e. The summed E-state index contributed by atoms with van der Waals surface area (Å²) in [5.41, 5.74) is 5.15. The number of rotatable bonds is 4. The molecule has 4 rings (SSSR count).